The summed E-state index contributed by atoms with van der Waals surface area (Å²) in [4.78, 5) is 12.5. The maximum Gasteiger partial charge on any atom is 0.339 e. The summed E-state index contributed by atoms with van der Waals surface area (Å²) in [5.41, 5.74) is 12.3. The second-order valence-corrected chi connectivity index (χ2v) is 8.25. The van der Waals surface area contributed by atoms with Crippen molar-refractivity contribution in [3.05, 3.63) is 94.0 Å². The van der Waals surface area contributed by atoms with Gasteiger partial charge in [-0.15, -0.1) is 0 Å². The number of hydrogen-bond donors (Lipinski definition) is 3. The smallest absolute Gasteiger partial charge is 0.339 e. The number of aryl methyl sites for hydroxylation is 4. The Bertz CT molecular complexity index is 1170. The number of nitrogens with one attached hydrogen (secondary N) is 3. The minimum atomic E-state index is -0.349. The third-order valence-corrected chi connectivity index (χ3v) is 5.69. The van der Waals surface area contributed by atoms with Gasteiger partial charge < -0.3 is 10.6 Å². The van der Waals surface area contributed by atoms with E-state index in [0.717, 1.165) is 33.8 Å². The summed E-state index contributed by atoms with van der Waals surface area (Å²) < 4.78 is 0. The number of urea groups is 1. The van der Waals surface area contributed by atoms with Crippen LogP contribution in [0.1, 0.15) is 45.8 Å². The van der Waals surface area contributed by atoms with Gasteiger partial charge in [0.25, 0.3) is 0 Å². The van der Waals surface area contributed by atoms with Crippen molar-refractivity contribution in [2.24, 2.45) is 5.10 Å². The van der Waals surface area contributed by atoms with E-state index in [1.54, 1.807) is 0 Å². The number of fused-ring (bicyclic) bond motifs is 1. The fraction of sp³-hybridized carbons (Fsp3) is 0.231. The number of amides is 2. The van der Waals surface area contributed by atoms with E-state index in [2.05, 4.69) is 59.3 Å². The van der Waals surface area contributed by atoms with Crippen molar-refractivity contribution < 1.29 is 4.79 Å². The molecule has 0 spiro atoms. The minimum absolute atomic E-state index is 0.0958. The quantitative estimate of drug-likeness (QED) is 0.462. The highest BCUT2D eigenvalue weighted by Crippen LogP contribution is 2.34. The molecule has 5 heteroatoms. The molecule has 0 bridgehead atoms. The molecule has 4 rings (SSSR count). The Morgan fingerprint density at radius 3 is 2.39 bits per heavy atom. The van der Waals surface area contributed by atoms with Gasteiger partial charge in [-0.25, -0.2) is 10.2 Å². The fourth-order valence-electron chi connectivity index (χ4n) is 4.14. The van der Waals surface area contributed by atoms with E-state index in [0.29, 0.717) is 6.42 Å². The Morgan fingerprint density at radius 1 is 0.935 bits per heavy atom. The molecule has 0 aromatic heterocycles. The maximum atomic E-state index is 12.5. The van der Waals surface area contributed by atoms with E-state index in [1.807, 2.05) is 50.2 Å². The lowest BCUT2D eigenvalue weighted by atomic mass is 9.89. The fourth-order valence-corrected chi connectivity index (χ4v) is 4.14. The van der Waals surface area contributed by atoms with Crippen LogP contribution < -0.4 is 16.1 Å². The number of rotatable bonds is 3. The number of anilines is 2. The maximum absolute atomic E-state index is 12.5. The number of carbonyl (C=O) groups excluding carboxylic acids is 1. The highest BCUT2D eigenvalue weighted by atomic mass is 16.2. The Hall–Kier alpha value is -3.60. The highest BCUT2D eigenvalue weighted by molar-refractivity contribution is 6.07. The molecule has 0 radical (unpaired) electrons. The third kappa shape index (κ3) is 4.61. The Balaban J connectivity index is 1.57. The number of para-hydroxylation sites is 1. The largest absolute Gasteiger partial charge is 0.377 e. The number of benzene rings is 3. The molecule has 31 heavy (non-hydrogen) atoms. The van der Waals surface area contributed by atoms with E-state index in [9.17, 15) is 4.79 Å². The molecule has 0 saturated carbocycles. The first-order valence-electron chi connectivity index (χ1n) is 10.5. The van der Waals surface area contributed by atoms with Crippen molar-refractivity contribution in [3.8, 4) is 0 Å². The van der Waals surface area contributed by atoms with Gasteiger partial charge >= 0.3 is 6.03 Å². The molecule has 0 aliphatic carbocycles. The first-order chi connectivity index (χ1) is 14.9. The van der Waals surface area contributed by atoms with Gasteiger partial charge in [-0.3, -0.25) is 0 Å². The Labute approximate surface area is 183 Å². The molecular weight excluding hydrogens is 384 g/mol. The van der Waals surface area contributed by atoms with Crippen LogP contribution in [0.5, 0.6) is 0 Å². The molecule has 0 saturated heterocycles. The molecule has 3 aromatic carbocycles. The number of carbonyl (C=O) groups is 1. The summed E-state index contributed by atoms with van der Waals surface area (Å²) >= 11 is 0. The molecule has 1 unspecified atom stereocenters. The molecule has 1 heterocycles. The molecule has 3 aromatic rings. The zero-order chi connectivity index (χ0) is 22.0. The second-order valence-electron chi connectivity index (χ2n) is 8.25. The van der Waals surface area contributed by atoms with Crippen LogP contribution in [0.25, 0.3) is 0 Å². The molecule has 5 nitrogen and oxygen atoms in total. The highest BCUT2D eigenvalue weighted by Gasteiger charge is 2.25. The Kier molecular flexibility index (Phi) is 5.76. The molecule has 1 aliphatic rings. The molecule has 158 valence electrons. The lowest BCUT2D eigenvalue weighted by molar-refractivity contribution is 0.252. The average Bonchev–Trinajstić information content (AvgIpc) is 2.74. The number of nitrogens with zero attached hydrogens (tertiary/aromatic N) is 1. The van der Waals surface area contributed by atoms with Gasteiger partial charge in [0.05, 0.1) is 11.8 Å². The molecule has 0 fully saturated rings. The van der Waals surface area contributed by atoms with E-state index in [1.165, 1.54) is 16.7 Å². The van der Waals surface area contributed by atoms with E-state index >= 15 is 0 Å². The van der Waals surface area contributed by atoms with Crippen LogP contribution in [0, 0.1) is 27.7 Å². The SMILES string of the molecule is Cc1ccc(NC(=O)NN=C2CC(c3ccc(C)cc3C)Nc3ccccc32)c(C)c1. The predicted molar refractivity (Wildman–Crippen MR) is 128 cm³/mol. The zero-order valence-corrected chi connectivity index (χ0v) is 18.4. The average molecular weight is 413 g/mol. The summed E-state index contributed by atoms with van der Waals surface area (Å²) in [6.07, 6.45) is 0.685. The summed E-state index contributed by atoms with van der Waals surface area (Å²) in [6, 6.07) is 20.3. The lowest BCUT2D eigenvalue weighted by Crippen LogP contribution is -2.29. The zero-order valence-electron chi connectivity index (χ0n) is 18.4. The van der Waals surface area contributed by atoms with Crippen LogP contribution >= 0.6 is 0 Å². The summed E-state index contributed by atoms with van der Waals surface area (Å²) in [5.74, 6) is 0. The van der Waals surface area contributed by atoms with Crippen LogP contribution in [0.3, 0.4) is 0 Å². The molecular formula is C26H28N4O. The van der Waals surface area contributed by atoms with Crippen molar-refractivity contribution >= 4 is 23.1 Å². The molecule has 1 aliphatic heterocycles. The van der Waals surface area contributed by atoms with Gasteiger partial charge in [-0.1, -0.05) is 59.7 Å². The molecule has 3 N–H and O–H groups in total. The second kappa shape index (κ2) is 8.64. The van der Waals surface area contributed by atoms with Gasteiger partial charge in [0, 0.05) is 23.4 Å². The standard InChI is InChI=1S/C26H28N4O/c1-16-9-11-20(18(3)13-16)24-15-25(21-7-5-6-8-23(21)27-24)29-30-26(31)28-22-12-10-17(2)14-19(22)4/h5-14,24,27H,15H2,1-4H3,(H2,28,30,31). The number of hydrazone groups is 1. The van der Waals surface area contributed by atoms with Crippen molar-refractivity contribution in [2.45, 2.75) is 40.2 Å². The molecule has 1 atom stereocenters. The van der Waals surface area contributed by atoms with Crippen LogP contribution in [-0.2, 0) is 0 Å². The van der Waals surface area contributed by atoms with E-state index in [4.69, 9.17) is 0 Å². The summed E-state index contributed by atoms with van der Waals surface area (Å²) in [7, 11) is 0. The van der Waals surface area contributed by atoms with Crippen molar-refractivity contribution in [1.82, 2.24) is 5.43 Å². The van der Waals surface area contributed by atoms with Crippen LogP contribution in [0.2, 0.25) is 0 Å². The lowest BCUT2D eigenvalue weighted by Gasteiger charge is -2.29. The Morgan fingerprint density at radius 2 is 1.65 bits per heavy atom. The van der Waals surface area contributed by atoms with E-state index < -0.39 is 0 Å². The monoisotopic (exact) mass is 412 g/mol. The third-order valence-electron chi connectivity index (χ3n) is 5.69. The number of hydrogen-bond acceptors (Lipinski definition) is 3. The minimum Gasteiger partial charge on any atom is -0.377 e. The normalized spacial score (nSPS) is 16.4. The van der Waals surface area contributed by atoms with E-state index in [-0.39, 0.29) is 12.1 Å². The first-order valence-corrected chi connectivity index (χ1v) is 10.5. The summed E-state index contributed by atoms with van der Waals surface area (Å²) in [5, 5.41) is 11.0. The van der Waals surface area contributed by atoms with Crippen LogP contribution in [-0.4, -0.2) is 11.7 Å². The van der Waals surface area contributed by atoms with Gasteiger partial charge in [0.1, 0.15) is 0 Å². The van der Waals surface area contributed by atoms with Gasteiger partial charge in [0.2, 0.25) is 0 Å². The van der Waals surface area contributed by atoms with Crippen molar-refractivity contribution in [2.75, 3.05) is 10.6 Å². The van der Waals surface area contributed by atoms with Gasteiger partial charge in [0.15, 0.2) is 0 Å². The van der Waals surface area contributed by atoms with Crippen LogP contribution in [0.4, 0.5) is 16.2 Å². The van der Waals surface area contributed by atoms with Crippen LogP contribution in [0.15, 0.2) is 65.8 Å². The topological polar surface area (TPSA) is 65.5 Å². The van der Waals surface area contributed by atoms with Gasteiger partial charge in [-0.05, 0) is 56.5 Å². The van der Waals surface area contributed by atoms with Gasteiger partial charge in [-0.2, -0.15) is 5.10 Å². The van der Waals surface area contributed by atoms with Crippen molar-refractivity contribution in [1.29, 1.82) is 0 Å². The first kappa shape index (κ1) is 20.7. The van der Waals surface area contributed by atoms with Crippen molar-refractivity contribution in [3.63, 3.8) is 0 Å². The molecule has 2 amide bonds. The summed E-state index contributed by atoms with van der Waals surface area (Å²) in [6.45, 7) is 8.25. The predicted octanol–water partition coefficient (Wildman–Crippen LogP) is 6.00.